The summed E-state index contributed by atoms with van der Waals surface area (Å²) < 4.78 is 10.6. The van der Waals surface area contributed by atoms with E-state index in [2.05, 4.69) is 10.1 Å². The van der Waals surface area contributed by atoms with E-state index in [-0.39, 0.29) is 5.91 Å². The number of amides is 1. The van der Waals surface area contributed by atoms with Crippen LogP contribution in [-0.2, 0) is 17.6 Å². The number of carbonyl (C=O) groups excluding carboxylic acids is 1. The molecule has 146 valence electrons. The minimum absolute atomic E-state index is 0.219. The number of nitrogens with zero attached hydrogens (tertiary/aromatic N) is 3. The van der Waals surface area contributed by atoms with Gasteiger partial charge in [0.05, 0.1) is 13.5 Å². The minimum atomic E-state index is 0.219. The molecular formula is C21H23N3O3S. The summed E-state index contributed by atoms with van der Waals surface area (Å²) >= 11 is 1.63. The van der Waals surface area contributed by atoms with E-state index in [4.69, 9.17) is 9.26 Å². The number of aromatic nitrogens is 2. The highest BCUT2D eigenvalue weighted by atomic mass is 32.1. The SMILES string of the molecule is COc1ccc(-c2noc(CC3CCN(C(=O)Cc4ccsc4)CC3)n2)cc1. The second kappa shape index (κ2) is 8.56. The van der Waals surface area contributed by atoms with E-state index in [1.807, 2.05) is 46.0 Å². The molecule has 1 saturated heterocycles. The van der Waals surface area contributed by atoms with Crippen LogP contribution in [0.15, 0.2) is 45.6 Å². The Labute approximate surface area is 168 Å². The number of benzene rings is 1. The zero-order valence-electron chi connectivity index (χ0n) is 15.8. The van der Waals surface area contributed by atoms with E-state index in [1.54, 1.807) is 18.4 Å². The molecule has 1 amide bonds. The fourth-order valence-electron chi connectivity index (χ4n) is 3.51. The quantitative estimate of drug-likeness (QED) is 0.632. The molecule has 0 atom stereocenters. The van der Waals surface area contributed by atoms with Crippen LogP contribution in [0.1, 0.15) is 24.3 Å². The van der Waals surface area contributed by atoms with E-state index in [0.29, 0.717) is 24.1 Å². The number of hydrogen-bond acceptors (Lipinski definition) is 6. The number of hydrogen-bond donors (Lipinski definition) is 0. The van der Waals surface area contributed by atoms with Gasteiger partial charge in [0.15, 0.2) is 0 Å². The lowest BCUT2D eigenvalue weighted by Gasteiger charge is -2.31. The Bertz CT molecular complexity index is 897. The molecule has 1 aliphatic heterocycles. The van der Waals surface area contributed by atoms with Gasteiger partial charge in [0, 0.05) is 25.1 Å². The summed E-state index contributed by atoms with van der Waals surface area (Å²) in [6, 6.07) is 9.63. The standard InChI is InChI=1S/C21H23N3O3S/c1-26-18-4-2-17(3-5-18)21-22-19(27-23-21)12-15-6-9-24(10-7-15)20(25)13-16-8-11-28-14-16/h2-5,8,11,14-15H,6-7,9-10,12-13H2,1H3. The molecule has 0 N–H and O–H groups in total. The number of thiophene rings is 1. The fourth-order valence-corrected chi connectivity index (χ4v) is 4.18. The molecule has 0 saturated carbocycles. The topological polar surface area (TPSA) is 68.5 Å². The van der Waals surface area contributed by atoms with E-state index in [1.165, 1.54) is 0 Å². The van der Waals surface area contributed by atoms with E-state index in [9.17, 15) is 4.79 Å². The second-order valence-corrected chi connectivity index (χ2v) is 7.86. The van der Waals surface area contributed by atoms with Crippen molar-refractivity contribution in [3.8, 4) is 17.1 Å². The van der Waals surface area contributed by atoms with Crippen LogP contribution in [0.3, 0.4) is 0 Å². The van der Waals surface area contributed by atoms with Crippen molar-refractivity contribution in [2.45, 2.75) is 25.7 Å². The molecule has 7 heteroatoms. The van der Waals surface area contributed by atoms with E-state index < -0.39 is 0 Å². The van der Waals surface area contributed by atoms with E-state index >= 15 is 0 Å². The third-order valence-corrected chi connectivity index (χ3v) is 5.91. The van der Waals surface area contributed by atoms with Crippen molar-refractivity contribution in [2.75, 3.05) is 20.2 Å². The molecule has 4 rings (SSSR count). The molecule has 0 bridgehead atoms. The molecule has 0 aliphatic carbocycles. The molecule has 3 heterocycles. The Morgan fingerprint density at radius 3 is 2.71 bits per heavy atom. The maximum atomic E-state index is 12.4. The summed E-state index contributed by atoms with van der Waals surface area (Å²) in [6.07, 6.45) is 3.20. The highest BCUT2D eigenvalue weighted by Crippen LogP contribution is 2.24. The Kier molecular flexibility index (Phi) is 5.71. The Balaban J connectivity index is 1.29. The zero-order valence-corrected chi connectivity index (χ0v) is 16.7. The fraction of sp³-hybridized carbons (Fsp3) is 0.381. The molecule has 1 fully saturated rings. The Morgan fingerprint density at radius 1 is 1.25 bits per heavy atom. The molecule has 3 aromatic rings. The van der Waals surface area contributed by atoms with Gasteiger partial charge < -0.3 is 14.2 Å². The van der Waals surface area contributed by atoms with E-state index in [0.717, 1.165) is 49.2 Å². The average Bonchev–Trinajstić information content (AvgIpc) is 3.41. The zero-order chi connectivity index (χ0) is 19.3. The van der Waals surface area contributed by atoms with Gasteiger partial charge in [-0.05, 0) is 65.4 Å². The average molecular weight is 398 g/mol. The van der Waals surface area contributed by atoms with Crippen molar-refractivity contribution in [3.63, 3.8) is 0 Å². The van der Waals surface area contributed by atoms with Crippen molar-refractivity contribution in [1.82, 2.24) is 15.0 Å². The predicted octanol–water partition coefficient (Wildman–Crippen LogP) is 3.83. The van der Waals surface area contributed by atoms with Gasteiger partial charge in [-0.1, -0.05) is 5.16 Å². The number of likely N-dealkylation sites (tertiary alicyclic amines) is 1. The summed E-state index contributed by atoms with van der Waals surface area (Å²) in [5, 5.41) is 8.16. The highest BCUT2D eigenvalue weighted by Gasteiger charge is 2.24. The van der Waals surface area contributed by atoms with Crippen LogP contribution in [0.5, 0.6) is 5.75 Å². The summed E-state index contributed by atoms with van der Waals surface area (Å²) in [6.45, 7) is 1.60. The highest BCUT2D eigenvalue weighted by molar-refractivity contribution is 7.08. The smallest absolute Gasteiger partial charge is 0.227 e. The van der Waals surface area contributed by atoms with Gasteiger partial charge in [-0.2, -0.15) is 16.3 Å². The molecule has 0 spiro atoms. The summed E-state index contributed by atoms with van der Waals surface area (Å²) in [7, 11) is 1.64. The van der Waals surface area contributed by atoms with Crippen LogP contribution < -0.4 is 4.74 Å². The van der Waals surface area contributed by atoms with Crippen LogP contribution in [0.2, 0.25) is 0 Å². The molecule has 1 aliphatic rings. The van der Waals surface area contributed by atoms with Gasteiger partial charge in [-0.25, -0.2) is 0 Å². The monoisotopic (exact) mass is 397 g/mol. The van der Waals surface area contributed by atoms with Gasteiger partial charge >= 0.3 is 0 Å². The normalized spacial score (nSPS) is 15.0. The maximum absolute atomic E-state index is 12.4. The molecule has 2 aromatic heterocycles. The summed E-state index contributed by atoms with van der Waals surface area (Å²) in [5.74, 6) is 2.74. The first-order valence-corrected chi connectivity index (χ1v) is 10.4. The number of ether oxygens (including phenoxy) is 1. The summed E-state index contributed by atoms with van der Waals surface area (Å²) in [5.41, 5.74) is 2.01. The lowest BCUT2D eigenvalue weighted by atomic mass is 9.93. The number of carbonyl (C=O) groups is 1. The first-order chi connectivity index (χ1) is 13.7. The minimum Gasteiger partial charge on any atom is -0.497 e. The lowest BCUT2D eigenvalue weighted by Crippen LogP contribution is -2.39. The first-order valence-electron chi connectivity index (χ1n) is 9.47. The third kappa shape index (κ3) is 4.42. The first kappa shape index (κ1) is 18.7. The van der Waals surface area contributed by atoms with Crippen molar-refractivity contribution in [2.24, 2.45) is 5.92 Å². The van der Waals surface area contributed by atoms with Crippen LogP contribution in [0.4, 0.5) is 0 Å². The molecule has 28 heavy (non-hydrogen) atoms. The van der Waals surface area contributed by atoms with Crippen molar-refractivity contribution in [1.29, 1.82) is 0 Å². The van der Waals surface area contributed by atoms with Gasteiger partial charge in [0.1, 0.15) is 5.75 Å². The van der Waals surface area contributed by atoms with Crippen molar-refractivity contribution >= 4 is 17.2 Å². The molecule has 1 aromatic carbocycles. The van der Waals surface area contributed by atoms with Crippen molar-refractivity contribution in [3.05, 3.63) is 52.5 Å². The van der Waals surface area contributed by atoms with Crippen LogP contribution >= 0.6 is 11.3 Å². The lowest BCUT2D eigenvalue weighted by molar-refractivity contribution is -0.131. The molecule has 0 radical (unpaired) electrons. The Hall–Kier alpha value is -2.67. The second-order valence-electron chi connectivity index (χ2n) is 7.08. The van der Waals surface area contributed by atoms with Crippen LogP contribution in [-0.4, -0.2) is 41.1 Å². The Morgan fingerprint density at radius 2 is 2.04 bits per heavy atom. The number of methoxy groups -OCH3 is 1. The maximum Gasteiger partial charge on any atom is 0.227 e. The predicted molar refractivity (Wildman–Crippen MR) is 107 cm³/mol. The van der Waals surface area contributed by atoms with Crippen molar-refractivity contribution < 1.29 is 14.1 Å². The molecular weight excluding hydrogens is 374 g/mol. The number of rotatable bonds is 6. The summed E-state index contributed by atoms with van der Waals surface area (Å²) in [4.78, 5) is 18.9. The molecule has 6 nitrogen and oxygen atoms in total. The third-order valence-electron chi connectivity index (χ3n) is 5.18. The van der Waals surface area contributed by atoms with Crippen LogP contribution in [0.25, 0.3) is 11.4 Å². The van der Waals surface area contributed by atoms with Gasteiger partial charge in [-0.3, -0.25) is 4.79 Å². The number of piperidine rings is 1. The van der Waals surface area contributed by atoms with Crippen LogP contribution in [0, 0.1) is 5.92 Å². The largest absolute Gasteiger partial charge is 0.497 e. The van der Waals surface area contributed by atoms with Gasteiger partial charge in [0.25, 0.3) is 0 Å². The van der Waals surface area contributed by atoms with Gasteiger partial charge in [0.2, 0.25) is 17.6 Å². The van der Waals surface area contributed by atoms with Gasteiger partial charge in [-0.15, -0.1) is 0 Å². The molecule has 0 unspecified atom stereocenters.